The molecule has 2 rings (SSSR count). The van der Waals surface area contributed by atoms with Gasteiger partial charge >= 0.3 is 5.97 Å². The molecule has 0 saturated heterocycles. The first-order chi connectivity index (χ1) is 12.3. The lowest BCUT2D eigenvalue weighted by Gasteiger charge is -2.07. The van der Waals surface area contributed by atoms with Gasteiger partial charge in [0.1, 0.15) is 6.54 Å². The van der Waals surface area contributed by atoms with Crippen molar-refractivity contribution >= 4 is 38.9 Å². The summed E-state index contributed by atoms with van der Waals surface area (Å²) in [4.78, 5) is 25.1. The molecule has 0 aliphatic heterocycles. The number of amides is 1. The number of hydrogen-bond acceptors (Lipinski definition) is 6. The van der Waals surface area contributed by atoms with E-state index in [-0.39, 0.29) is 10.8 Å². The van der Waals surface area contributed by atoms with E-state index in [1.165, 1.54) is 42.7 Å². The maximum absolute atomic E-state index is 12.3. The molecule has 2 N–H and O–H groups in total. The van der Waals surface area contributed by atoms with E-state index in [0.717, 1.165) is 16.9 Å². The van der Waals surface area contributed by atoms with E-state index < -0.39 is 22.5 Å². The SMILES string of the molecule is CCc1cc(C(=O)Nc2ccc(S(=O)(=O)NCC(=O)OC)cc2)sc1C. The summed E-state index contributed by atoms with van der Waals surface area (Å²) in [5, 5.41) is 2.74. The van der Waals surface area contributed by atoms with Crippen LogP contribution in [0.5, 0.6) is 0 Å². The summed E-state index contributed by atoms with van der Waals surface area (Å²) >= 11 is 1.42. The molecule has 9 heteroatoms. The van der Waals surface area contributed by atoms with Gasteiger partial charge in [-0.3, -0.25) is 9.59 Å². The molecule has 0 radical (unpaired) electrons. The number of esters is 1. The van der Waals surface area contributed by atoms with Crippen molar-refractivity contribution in [1.82, 2.24) is 4.72 Å². The smallest absolute Gasteiger partial charge is 0.320 e. The van der Waals surface area contributed by atoms with Crippen LogP contribution in [0.3, 0.4) is 0 Å². The predicted octanol–water partition coefficient (Wildman–Crippen LogP) is 2.32. The van der Waals surface area contributed by atoms with Crippen molar-refractivity contribution in [3.8, 4) is 0 Å². The van der Waals surface area contributed by atoms with Gasteiger partial charge in [0.2, 0.25) is 10.0 Å². The average Bonchev–Trinajstić information content (AvgIpc) is 3.01. The number of hydrogen-bond donors (Lipinski definition) is 2. The molecule has 1 amide bonds. The third-order valence-electron chi connectivity index (χ3n) is 3.68. The van der Waals surface area contributed by atoms with Crippen LogP contribution in [-0.4, -0.2) is 33.9 Å². The average molecular weight is 396 g/mol. The number of sulfonamides is 1. The third kappa shape index (κ3) is 4.90. The second-order valence-electron chi connectivity index (χ2n) is 5.42. The highest BCUT2D eigenvalue weighted by atomic mass is 32.2. The highest BCUT2D eigenvalue weighted by molar-refractivity contribution is 7.89. The van der Waals surface area contributed by atoms with Crippen molar-refractivity contribution in [2.24, 2.45) is 0 Å². The van der Waals surface area contributed by atoms with Gasteiger partial charge in [-0.05, 0) is 49.2 Å². The van der Waals surface area contributed by atoms with E-state index in [4.69, 9.17) is 0 Å². The molecule has 7 nitrogen and oxygen atoms in total. The zero-order valence-corrected chi connectivity index (χ0v) is 16.3. The number of rotatable bonds is 7. The lowest BCUT2D eigenvalue weighted by atomic mass is 10.2. The molecule has 0 bridgehead atoms. The molecule has 0 atom stereocenters. The quantitative estimate of drug-likeness (QED) is 0.700. The summed E-state index contributed by atoms with van der Waals surface area (Å²) in [6, 6.07) is 7.56. The molecular weight excluding hydrogens is 376 g/mol. The highest BCUT2D eigenvalue weighted by Crippen LogP contribution is 2.23. The Hall–Kier alpha value is -2.23. The van der Waals surface area contributed by atoms with E-state index in [1.807, 2.05) is 19.9 Å². The number of aryl methyl sites for hydroxylation is 2. The molecule has 1 aromatic carbocycles. The van der Waals surface area contributed by atoms with Gasteiger partial charge < -0.3 is 10.1 Å². The first kappa shape index (κ1) is 20.1. The van der Waals surface area contributed by atoms with Gasteiger partial charge in [0, 0.05) is 10.6 Å². The number of methoxy groups -OCH3 is 1. The van der Waals surface area contributed by atoms with Crippen LogP contribution >= 0.6 is 11.3 Å². The molecule has 0 aliphatic carbocycles. The van der Waals surface area contributed by atoms with Crippen molar-refractivity contribution in [2.45, 2.75) is 25.2 Å². The Morgan fingerprint density at radius 1 is 1.19 bits per heavy atom. The number of nitrogens with one attached hydrogen (secondary N) is 2. The molecular formula is C17H20N2O5S2. The maximum atomic E-state index is 12.3. The lowest BCUT2D eigenvalue weighted by molar-refractivity contribution is -0.139. The standard InChI is InChI=1S/C17H20N2O5S2/c1-4-12-9-15(25-11(12)2)17(21)19-13-5-7-14(8-6-13)26(22,23)18-10-16(20)24-3/h5-9,18H,4,10H2,1-3H3,(H,19,21). The van der Waals surface area contributed by atoms with Crippen LogP contribution in [0, 0.1) is 6.92 Å². The highest BCUT2D eigenvalue weighted by Gasteiger charge is 2.16. The predicted molar refractivity (Wildman–Crippen MR) is 100 cm³/mol. The fraction of sp³-hybridized carbons (Fsp3) is 0.294. The van der Waals surface area contributed by atoms with Crippen LogP contribution in [-0.2, 0) is 26.0 Å². The van der Waals surface area contributed by atoms with Crippen LogP contribution in [0.2, 0.25) is 0 Å². The second kappa shape index (κ2) is 8.43. The fourth-order valence-electron chi connectivity index (χ4n) is 2.20. The number of ether oxygens (including phenoxy) is 1. The molecule has 26 heavy (non-hydrogen) atoms. The Balaban J connectivity index is 2.06. The molecule has 2 aromatic rings. The van der Waals surface area contributed by atoms with Crippen LogP contribution in [0.15, 0.2) is 35.2 Å². The molecule has 0 spiro atoms. The zero-order chi connectivity index (χ0) is 19.3. The Labute approximate surface area is 156 Å². The topological polar surface area (TPSA) is 102 Å². The number of carbonyl (C=O) groups excluding carboxylic acids is 2. The van der Waals surface area contributed by atoms with E-state index in [0.29, 0.717) is 10.6 Å². The minimum atomic E-state index is -3.83. The first-order valence-corrected chi connectivity index (χ1v) is 10.1. The number of benzene rings is 1. The monoisotopic (exact) mass is 396 g/mol. The largest absolute Gasteiger partial charge is 0.468 e. The first-order valence-electron chi connectivity index (χ1n) is 7.84. The van der Waals surface area contributed by atoms with Gasteiger partial charge in [-0.2, -0.15) is 4.72 Å². The van der Waals surface area contributed by atoms with Gasteiger partial charge in [0.25, 0.3) is 5.91 Å². The maximum Gasteiger partial charge on any atom is 0.320 e. The van der Waals surface area contributed by atoms with Crippen molar-refractivity contribution < 1.29 is 22.7 Å². The number of anilines is 1. The van der Waals surface area contributed by atoms with Crippen molar-refractivity contribution in [3.05, 3.63) is 45.6 Å². The number of carbonyl (C=O) groups is 2. The summed E-state index contributed by atoms with van der Waals surface area (Å²) in [6.45, 7) is 3.56. The van der Waals surface area contributed by atoms with Crippen molar-refractivity contribution in [1.29, 1.82) is 0 Å². The fourth-order valence-corrected chi connectivity index (χ4v) is 4.18. The summed E-state index contributed by atoms with van der Waals surface area (Å²) in [6.07, 6.45) is 0.862. The minimum absolute atomic E-state index is 0.0142. The van der Waals surface area contributed by atoms with Gasteiger partial charge in [-0.15, -0.1) is 11.3 Å². The Bertz CT molecular complexity index is 902. The van der Waals surface area contributed by atoms with Crippen molar-refractivity contribution in [2.75, 3.05) is 19.0 Å². The molecule has 0 unspecified atom stereocenters. The minimum Gasteiger partial charge on any atom is -0.468 e. The van der Waals surface area contributed by atoms with E-state index >= 15 is 0 Å². The molecule has 1 aromatic heterocycles. The zero-order valence-electron chi connectivity index (χ0n) is 14.7. The van der Waals surface area contributed by atoms with E-state index in [1.54, 1.807) is 0 Å². The van der Waals surface area contributed by atoms with Crippen LogP contribution < -0.4 is 10.0 Å². The summed E-state index contributed by atoms with van der Waals surface area (Å²) < 4.78 is 30.7. The van der Waals surface area contributed by atoms with E-state index in [2.05, 4.69) is 14.8 Å². The Morgan fingerprint density at radius 3 is 2.38 bits per heavy atom. The van der Waals surface area contributed by atoms with Crippen LogP contribution in [0.4, 0.5) is 5.69 Å². The number of thiophene rings is 1. The molecule has 140 valence electrons. The lowest BCUT2D eigenvalue weighted by Crippen LogP contribution is -2.30. The van der Waals surface area contributed by atoms with Crippen LogP contribution in [0.1, 0.15) is 27.0 Å². The molecule has 0 fully saturated rings. The molecule has 0 saturated carbocycles. The van der Waals surface area contributed by atoms with Gasteiger partial charge in [-0.25, -0.2) is 8.42 Å². The molecule has 1 heterocycles. The summed E-state index contributed by atoms with van der Waals surface area (Å²) in [5.74, 6) is -0.924. The van der Waals surface area contributed by atoms with Crippen molar-refractivity contribution in [3.63, 3.8) is 0 Å². The van der Waals surface area contributed by atoms with Gasteiger partial charge in [0.15, 0.2) is 0 Å². The Kier molecular flexibility index (Phi) is 6.52. The van der Waals surface area contributed by atoms with Gasteiger partial charge in [-0.1, -0.05) is 6.92 Å². The summed E-state index contributed by atoms with van der Waals surface area (Å²) in [5.41, 5.74) is 1.62. The normalized spacial score (nSPS) is 11.2. The Morgan fingerprint density at radius 2 is 1.85 bits per heavy atom. The van der Waals surface area contributed by atoms with Gasteiger partial charge in [0.05, 0.1) is 16.9 Å². The second-order valence-corrected chi connectivity index (χ2v) is 8.45. The van der Waals surface area contributed by atoms with E-state index in [9.17, 15) is 18.0 Å². The third-order valence-corrected chi connectivity index (χ3v) is 6.19. The molecule has 0 aliphatic rings. The van der Waals surface area contributed by atoms with Crippen LogP contribution in [0.25, 0.3) is 0 Å². The summed E-state index contributed by atoms with van der Waals surface area (Å²) in [7, 11) is -2.66.